The monoisotopic (exact) mass is 275 g/mol. The van der Waals surface area contributed by atoms with Crippen LogP contribution in [0.3, 0.4) is 0 Å². The normalized spacial score (nSPS) is 11.4. The van der Waals surface area contributed by atoms with Gasteiger partial charge in [0.05, 0.1) is 18.8 Å². The molecule has 0 bridgehead atoms. The summed E-state index contributed by atoms with van der Waals surface area (Å²) >= 11 is 5.78. The van der Waals surface area contributed by atoms with Gasteiger partial charge in [-0.25, -0.2) is 0 Å². The second kappa shape index (κ2) is 6.67. The van der Waals surface area contributed by atoms with Crippen molar-refractivity contribution in [2.24, 2.45) is 0 Å². The standard InChI is InChI=1S/C10H18ClN5O2/c1-3-10(5-17,6-18)16-9-14-7(11)13-8(15-9)12-4-2/h17-18H,3-6H2,1-2H3,(H2,12,13,14,15,16). The molecule has 0 saturated heterocycles. The largest absolute Gasteiger partial charge is 0.394 e. The highest BCUT2D eigenvalue weighted by molar-refractivity contribution is 6.28. The molecular weight excluding hydrogens is 258 g/mol. The van der Waals surface area contributed by atoms with Gasteiger partial charge in [0, 0.05) is 6.54 Å². The van der Waals surface area contributed by atoms with Gasteiger partial charge in [-0.05, 0) is 24.9 Å². The van der Waals surface area contributed by atoms with Crippen LogP contribution in [0.25, 0.3) is 0 Å². The van der Waals surface area contributed by atoms with Crippen molar-refractivity contribution in [1.29, 1.82) is 0 Å². The van der Waals surface area contributed by atoms with E-state index in [0.29, 0.717) is 18.9 Å². The Bertz CT molecular complexity index is 378. The summed E-state index contributed by atoms with van der Waals surface area (Å²) in [5, 5.41) is 24.5. The molecule has 18 heavy (non-hydrogen) atoms. The van der Waals surface area contributed by atoms with Gasteiger partial charge in [0.25, 0.3) is 0 Å². The van der Waals surface area contributed by atoms with Crippen LogP contribution in [-0.4, -0.2) is 50.5 Å². The molecule has 0 amide bonds. The maximum absolute atomic E-state index is 9.34. The second-order valence-corrected chi connectivity index (χ2v) is 4.20. The number of nitrogens with zero attached hydrogens (tertiary/aromatic N) is 3. The summed E-state index contributed by atoms with van der Waals surface area (Å²) in [5.41, 5.74) is -0.867. The lowest BCUT2D eigenvalue weighted by atomic mass is 9.99. The molecule has 7 nitrogen and oxygen atoms in total. The number of aliphatic hydroxyl groups excluding tert-OH is 2. The summed E-state index contributed by atoms with van der Waals surface area (Å²) in [5.74, 6) is 0.566. The first kappa shape index (κ1) is 14.9. The first-order valence-corrected chi connectivity index (χ1v) is 6.12. The summed E-state index contributed by atoms with van der Waals surface area (Å²) in [4.78, 5) is 11.9. The number of aromatic nitrogens is 3. The fourth-order valence-corrected chi connectivity index (χ4v) is 1.48. The molecule has 0 saturated carbocycles. The highest BCUT2D eigenvalue weighted by Crippen LogP contribution is 2.17. The number of aliphatic hydroxyl groups is 2. The van der Waals surface area contributed by atoms with E-state index in [1.165, 1.54) is 0 Å². The topological polar surface area (TPSA) is 103 Å². The van der Waals surface area contributed by atoms with Crippen molar-refractivity contribution >= 4 is 23.5 Å². The Morgan fingerprint density at radius 1 is 1.11 bits per heavy atom. The quantitative estimate of drug-likeness (QED) is 0.575. The number of hydrogen-bond acceptors (Lipinski definition) is 7. The third kappa shape index (κ3) is 3.66. The van der Waals surface area contributed by atoms with Gasteiger partial charge in [0.15, 0.2) is 0 Å². The van der Waals surface area contributed by atoms with Gasteiger partial charge in [0.1, 0.15) is 0 Å². The molecular formula is C10H18ClN5O2. The molecule has 0 aliphatic carbocycles. The fourth-order valence-electron chi connectivity index (χ4n) is 1.32. The minimum atomic E-state index is -0.867. The third-order valence-electron chi connectivity index (χ3n) is 2.60. The van der Waals surface area contributed by atoms with Crippen molar-refractivity contribution in [2.75, 3.05) is 30.4 Å². The Labute approximate surface area is 111 Å². The molecule has 8 heteroatoms. The second-order valence-electron chi connectivity index (χ2n) is 3.86. The van der Waals surface area contributed by atoms with Crippen molar-refractivity contribution in [3.05, 3.63) is 5.28 Å². The van der Waals surface area contributed by atoms with E-state index in [0.717, 1.165) is 0 Å². The summed E-state index contributed by atoms with van der Waals surface area (Å²) in [6.07, 6.45) is 0.514. The maximum atomic E-state index is 9.34. The van der Waals surface area contributed by atoms with Crippen LogP contribution >= 0.6 is 11.6 Å². The molecule has 0 unspecified atom stereocenters. The number of halogens is 1. The number of hydrogen-bond donors (Lipinski definition) is 4. The van der Waals surface area contributed by atoms with Gasteiger partial charge < -0.3 is 20.8 Å². The van der Waals surface area contributed by atoms with Crippen molar-refractivity contribution in [3.8, 4) is 0 Å². The Balaban J connectivity index is 2.95. The molecule has 0 atom stereocenters. The maximum Gasteiger partial charge on any atom is 0.229 e. The van der Waals surface area contributed by atoms with Gasteiger partial charge in [-0.1, -0.05) is 6.92 Å². The molecule has 0 aromatic carbocycles. The zero-order valence-electron chi connectivity index (χ0n) is 10.4. The van der Waals surface area contributed by atoms with Gasteiger partial charge in [-0.2, -0.15) is 15.0 Å². The van der Waals surface area contributed by atoms with E-state index in [2.05, 4.69) is 25.6 Å². The number of rotatable bonds is 7. The first-order valence-electron chi connectivity index (χ1n) is 5.74. The van der Waals surface area contributed by atoms with E-state index in [4.69, 9.17) is 11.6 Å². The molecule has 0 aliphatic rings. The van der Waals surface area contributed by atoms with Crippen LogP contribution in [0.2, 0.25) is 5.28 Å². The Kier molecular flexibility index (Phi) is 5.52. The number of anilines is 2. The average molecular weight is 276 g/mol. The minimum absolute atomic E-state index is 0.0457. The van der Waals surface area contributed by atoms with E-state index < -0.39 is 5.54 Å². The molecule has 0 fully saturated rings. The van der Waals surface area contributed by atoms with Crippen molar-refractivity contribution in [3.63, 3.8) is 0 Å². The molecule has 0 radical (unpaired) electrons. The molecule has 102 valence electrons. The lowest BCUT2D eigenvalue weighted by Crippen LogP contribution is -2.45. The summed E-state index contributed by atoms with van der Waals surface area (Å²) in [6, 6.07) is 0. The molecule has 0 aliphatic heterocycles. The lowest BCUT2D eigenvalue weighted by Gasteiger charge is -2.29. The molecule has 0 spiro atoms. The smallest absolute Gasteiger partial charge is 0.229 e. The Morgan fingerprint density at radius 3 is 2.22 bits per heavy atom. The van der Waals surface area contributed by atoms with E-state index in [9.17, 15) is 10.2 Å². The molecule has 1 heterocycles. The van der Waals surface area contributed by atoms with E-state index >= 15 is 0 Å². The first-order chi connectivity index (χ1) is 8.59. The van der Waals surface area contributed by atoms with Crippen LogP contribution in [0.4, 0.5) is 11.9 Å². The third-order valence-corrected chi connectivity index (χ3v) is 2.77. The Morgan fingerprint density at radius 2 is 1.72 bits per heavy atom. The highest BCUT2D eigenvalue weighted by Gasteiger charge is 2.27. The zero-order chi connectivity index (χ0) is 13.6. The predicted octanol–water partition coefficient (Wildman–Crippen LogP) is 0.502. The van der Waals surface area contributed by atoms with Crippen LogP contribution in [0.15, 0.2) is 0 Å². The zero-order valence-corrected chi connectivity index (χ0v) is 11.2. The van der Waals surface area contributed by atoms with E-state index in [1.807, 2.05) is 13.8 Å². The van der Waals surface area contributed by atoms with Crippen molar-refractivity contribution in [1.82, 2.24) is 15.0 Å². The van der Waals surface area contributed by atoms with Gasteiger partial charge in [-0.3, -0.25) is 0 Å². The van der Waals surface area contributed by atoms with Crippen LogP contribution in [-0.2, 0) is 0 Å². The summed E-state index contributed by atoms with van der Waals surface area (Å²) < 4.78 is 0. The van der Waals surface area contributed by atoms with Crippen LogP contribution in [0, 0.1) is 0 Å². The predicted molar refractivity (Wildman–Crippen MR) is 69.8 cm³/mol. The van der Waals surface area contributed by atoms with Crippen LogP contribution in [0.1, 0.15) is 20.3 Å². The van der Waals surface area contributed by atoms with Crippen LogP contribution in [0.5, 0.6) is 0 Å². The van der Waals surface area contributed by atoms with Gasteiger partial charge in [-0.15, -0.1) is 0 Å². The summed E-state index contributed by atoms with van der Waals surface area (Å²) in [7, 11) is 0. The van der Waals surface area contributed by atoms with Crippen molar-refractivity contribution < 1.29 is 10.2 Å². The molecule has 4 N–H and O–H groups in total. The summed E-state index contributed by atoms with van der Waals surface area (Å²) in [6.45, 7) is 3.93. The van der Waals surface area contributed by atoms with Gasteiger partial charge in [0.2, 0.25) is 17.2 Å². The lowest BCUT2D eigenvalue weighted by molar-refractivity contribution is 0.132. The molecule has 1 rings (SSSR count). The van der Waals surface area contributed by atoms with E-state index in [1.54, 1.807) is 0 Å². The van der Waals surface area contributed by atoms with E-state index in [-0.39, 0.29) is 24.4 Å². The minimum Gasteiger partial charge on any atom is -0.394 e. The highest BCUT2D eigenvalue weighted by atomic mass is 35.5. The van der Waals surface area contributed by atoms with Gasteiger partial charge >= 0.3 is 0 Å². The fraction of sp³-hybridized carbons (Fsp3) is 0.700. The number of nitrogens with one attached hydrogen (secondary N) is 2. The molecule has 1 aromatic rings. The average Bonchev–Trinajstić information content (AvgIpc) is 2.36. The SMILES string of the molecule is CCNc1nc(Cl)nc(NC(CC)(CO)CO)n1. The Hall–Kier alpha value is -1.18. The van der Waals surface area contributed by atoms with Crippen molar-refractivity contribution in [2.45, 2.75) is 25.8 Å². The molecule has 1 aromatic heterocycles. The van der Waals surface area contributed by atoms with Crippen LogP contribution < -0.4 is 10.6 Å².